The van der Waals surface area contributed by atoms with Crippen LogP contribution in [0.4, 0.5) is 0 Å². The number of aromatic nitrogens is 2. The first-order valence-corrected chi connectivity index (χ1v) is 13.4. The molecule has 0 unspecified atom stereocenters. The maximum atomic E-state index is 13.7. The molecule has 0 saturated heterocycles. The number of nitrogens with zero attached hydrogens (tertiary/aromatic N) is 2. The van der Waals surface area contributed by atoms with E-state index in [0.29, 0.717) is 18.2 Å². The van der Waals surface area contributed by atoms with Crippen LogP contribution in [0.5, 0.6) is 0 Å². The molecule has 0 amide bonds. The number of rotatable bonds is 3. The average molecular weight is 449 g/mol. The highest BCUT2D eigenvalue weighted by Crippen LogP contribution is 2.64. The van der Waals surface area contributed by atoms with Gasteiger partial charge in [-0.1, -0.05) is 25.1 Å². The summed E-state index contributed by atoms with van der Waals surface area (Å²) in [5, 5.41) is 16.5. The van der Waals surface area contributed by atoms with Crippen LogP contribution in [0.3, 0.4) is 0 Å². The Kier molecular flexibility index (Phi) is 5.07. The molecule has 0 bridgehead atoms. The van der Waals surface area contributed by atoms with E-state index in [0.717, 1.165) is 59.5 Å². The molecule has 0 radical (unpaired) electrons. The van der Waals surface area contributed by atoms with Crippen LogP contribution in [-0.2, 0) is 11.3 Å². The minimum absolute atomic E-state index is 0.158. The van der Waals surface area contributed by atoms with Crippen molar-refractivity contribution in [3.63, 3.8) is 0 Å². The largest absolute Gasteiger partial charge is 0.390 e. The van der Waals surface area contributed by atoms with E-state index in [1.54, 1.807) is 0 Å². The Labute approximate surface area is 198 Å². The van der Waals surface area contributed by atoms with Crippen LogP contribution in [0, 0.1) is 47.8 Å². The van der Waals surface area contributed by atoms with Gasteiger partial charge in [0, 0.05) is 17.0 Å². The number of benzene rings is 1. The van der Waals surface area contributed by atoms with Crippen molar-refractivity contribution in [2.45, 2.75) is 90.7 Å². The molecular weight excluding hydrogens is 408 g/mol. The van der Waals surface area contributed by atoms with Gasteiger partial charge in [-0.2, -0.15) is 5.10 Å². The van der Waals surface area contributed by atoms with Crippen LogP contribution >= 0.6 is 0 Å². The zero-order valence-corrected chi connectivity index (χ0v) is 20.6. The van der Waals surface area contributed by atoms with Crippen molar-refractivity contribution in [1.29, 1.82) is 0 Å². The van der Waals surface area contributed by atoms with E-state index >= 15 is 0 Å². The lowest BCUT2D eigenvalue weighted by Gasteiger charge is -2.56. The lowest BCUT2D eigenvalue weighted by Crippen LogP contribution is -2.51. The smallest absolute Gasteiger partial charge is 0.157 e. The zero-order chi connectivity index (χ0) is 23.0. The van der Waals surface area contributed by atoms with Crippen molar-refractivity contribution < 1.29 is 9.90 Å². The summed E-state index contributed by atoms with van der Waals surface area (Å²) in [6.45, 7) is 7.01. The van der Waals surface area contributed by atoms with Crippen LogP contribution < -0.4 is 0 Å². The molecule has 178 valence electrons. The molecule has 2 aromatic rings. The van der Waals surface area contributed by atoms with Gasteiger partial charge in [0.2, 0.25) is 0 Å². The Morgan fingerprint density at radius 1 is 1.03 bits per heavy atom. The highest BCUT2D eigenvalue weighted by molar-refractivity contribution is 5.84. The number of fused-ring (bicyclic) bond motifs is 6. The van der Waals surface area contributed by atoms with Gasteiger partial charge in [-0.05, 0) is 113 Å². The number of carbonyl (C=O) groups is 1. The number of carbonyl (C=O) groups excluding carboxylic acids is 1. The lowest BCUT2D eigenvalue weighted by molar-refractivity contribution is -0.133. The molecule has 8 atom stereocenters. The van der Waals surface area contributed by atoms with Gasteiger partial charge in [0.25, 0.3) is 0 Å². The van der Waals surface area contributed by atoms with Gasteiger partial charge in [-0.3, -0.25) is 9.48 Å². The van der Waals surface area contributed by atoms with Gasteiger partial charge in [-0.25, -0.2) is 0 Å². The Balaban J connectivity index is 1.20. The molecule has 1 aromatic heterocycles. The van der Waals surface area contributed by atoms with E-state index in [4.69, 9.17) is 5.10 Å². The van der Waals surface area contributed by atoms with Gasteiger partial charge < -0.3 is 5.11 Å². The highest BCUT2D eigenvalue weighted by atomic mass is 16.3. The van der Waals surface area contributed by atoms with Gasteiger partial charge in [-0.15, -0.1) is 0 Å². The molecule has 4 aliphatic carbocycles. The second-order valence-corrected chi connectivity index (χ2v) is 12.6. The Morgan fingerprint density at radius 3 is 2.64 bits per heavy atom. The first-order valence-electron chi connectivity index (χ1n) is 13.4. The summed E-state index contributed by atoms with van der Waals surface area (Å²) >= 11 is 0. The van der Waals surface area contributed by atoms with Gasteiger partial charge in [0.05, 0.1) is 11.1 Å². The SMILES string of the molecule is Cc1c2ccccc2nn1CC(=O)[C@H]1CC[C@H]2[C@@H]3CC[C@@H]4C[C@](C)(O)CC[C@@H]4[C@H]3CC[C@]12C. The molecule has 1 N–H and O–H groups in total. The van der Waals surface area contributed by atoms with Crippen molar-refractivity contribution in [2.75, 3.05) is 0 Å². The fourth-order valence-corrected chi connectivity index (χ4v) is 9.23. The van der Waals surface area contributed by atoms with Gasteiger partial charge in [0.1, 0.15) is 6.54 Å². The van der Waals surface area contributed by atoms with Crippen LogP contribution in [-0.4, -0.2) is 26.3 Å². The second kappa shape index (κ2) is 7.66. The number of aryl methyl sites for hydroxylation is 1. The third kappa shape index (κ3) is 3.42. The monoisotopic (exact) mass is 448 g/mol. The van der Waals surface area contributed by atoms with E-state index < -0.39 is 5.60 Å². The number of aliphatic hydroxyl groups is 1. The van der Waals surface area contributed by atoms with Crippen LogP contribution in [0.25, 0.3) is 10.9 Å². The lowest BCUT2D eigenvalue weighted by atomic mass is 9.49. The Bertz CT molecular complexity index is 1070. The molecule has 4 fully saturated rings. The highest BCUT2D eigenvalue weighted by Gasteiger charge is 2.58. The molecule has 4 heteroatoms. The third-order valence-corrected chi connectivity index (χ3v) is 10.8. The number of hydrogen-bond donors (Lipinski definition) is 1. The summed E-state index contributed by atoms with van der Waals surface area (Å²) < 4.78 is 1.95. The first kappa shape index (κ1) is 21.8. The Hall–Kier alpha value is -1.68. The van der Waals surface area contributed by atoms with Gasteiger partial charge in [0.15, 0.2) is 5.78 Å². The van der Waals surface area contributed by atoms with Crippen LogP contribution in [0.15, 0.2) is 24.3 Å². The fourth-order valence-electron chi connectivity index (χ4n) is 9.23. The molecule has 4 aliphatic rings. The minimum Gasteiger partial charge on any atom is -0.390 e. The molecule has 0 spiro atoms. The molecular formula is C29H40N2O2. The number of Topliss-reactive ketones (excluding diaryl/α,β-unsaturated/α-hetero) is 1. The molecule has 6 rings (SSSR count). The predicted molar refractivity (Wildman–Crippen MR) is 131 cm³/mol. The standard InChI is InChI=1S/C29H40N2O2/c1-18-20-6-4-5-7-26(20)30-31(18)17-27(32)25-11-10-24-23-9-8-19-16-28(2,33)14-12-21(19)22(23)13-15-29(24,25)3/h4-7,19,21-25,33H,8-17H2,1-3H3/t19-,21+,22-,23-,24+,25-,28-,29+/m1/s1. The van der Waals surface area contributed by atoms with Crippen molar-refractivity contribution in [3.05, 3.63) is 30.0 Å². The van der Waals surface area contributed by atoms with Crippen molar-refractivity contribution in [1.82, 2.24) is 9.78 Å². The maximum absolute atomic E-state index is 13.7. The van der Waals surface area contributed by atoms with E-state index in [1.165, 1.54) is 38.5 Å². The van der Waals surface area contributed by atoms with Crippen molar-refractivity contribution in [3.8, 4) is 0 Å². The van der Waals surface area contributed by atoms with E-state index in [1.807, 2.05) is 29.8 Å². The average Bonchev–Trinajstić information content (AvgIpc) is 3.29. The summed E-state index contributed by atoms with van der Waals surface area (Å²) in [6, 6.07) is 8.21. The third-order valence-electron chi connectivity index (χ3n) is 10.8. The topological polar surface area (TPSA) is 55.1 Å². The molecule has 1 aromatic carbocycles. The fraction of sp³-hybridized carbons (Fsp3) is 0.724. The van der Waals surface area contributed by atoms with E-state index in [2.05, 4.69) is 19.9 Å². The van der Waals surface area contributed by atoms with E-state index in [-0.39, 0.29) is 11.3 Å². The van der Waals surface area contributed by atoms with Crippen LogP contribution in [0.1, 0.15) is 77.3 Å². The summed E-state index contributed by atoms with van der Waals surface area (Å²) in [5.41, 5.74) is 1.80. The maximum Gasteiger partial charge on any atom is 0.157 e. The van der Waals surface area contributed by atoms with Crippen molar-refractivity contribution >= 4 is 16.7 Å². The quantitative estimate of drug-likeness (QED) is 0.633. The minimum atomic E-state index is -0.447. The second-order valence-electron chi connectivity index (χ2n) is 12.6. The molecule has 4 saturated carbocycles. The summed E-state index contributed by atoms with van der Waals surface area (Å²) in [7, 11) is 0. The molecule has 33 heavy (non-hydrogen) atoms. The predicted octanol–water partition coefficient (Wildman–Crippen LogP) is 5.93. The molecule has 4 nitrogen and oxygen atoms in total. The number of hydrogen-bond acceptors (Lipinski definition) is 3. The Morgan fingerprint density at radius 2 is 1.82 bits per heavy atom. The first-order chi connectivity index (χ1) is 15.8. The molecule has 0 aliphatic heterocycles. The molecule has 1 heterocycles. The van der Waals surface area contributed by atoms with E-state index in [9.17, 15) is 9.90 Å². The van der Waals surface area contributed by atoms with Crippen LogP contribution in [0.2, 0.25) is 0 Å². The normalized spacial score (nSPS) is 42.5. The van der Waals surface area contributed by atoms with Crippen molar-refractivity contribution in [2.24, 2.45) is 40.9 Å². The number of ketones is 1. The van der Waals surface area contributed by atoms with Gasteiger partial charge >= 0.3 is 0 Å². The summed E-state index contributed by atoms with van der Waals surface area (Å²) in [5.74, 6) is 4.42. The zero-order valence-electron chi connectivity index (χ0n) is 20.6. The summed E-state index contributed by atoms with van der Waals surface area (Å²) in [6.07, 6.45) is 10.6. The summed E-state index contributed by atoms with van der Waals surface area (Å²) in [4.78, 5) is 13.7.